The summed E-state index contributed by atoms with van der Waals surface area (Å²) in [6.07, 6.45) is 8.91. The van der Waals surface area contributed by atoms with Crippen LogP contribution in [-0.2, 0) is 0 Å². The number of piperidine rings is 1. The van der Waals surface area contributed by atoms with Gasteiger partial charge in [-0.25, -0.2) is 0 Å². The highest BCUT2D eigenvalue weighted by Crippen LogP contribution is 2.26. The lowest BCUT2D eigenvalue weighted by atomic mass is 10.0. The maximum atomic E-state index is 4.01. The predicted octanol–water partition coefficient (Wildman–Crippen LogP) is 2.92. The van der Waals surface area contributed by atoms with Gasteiger partial charge in [-0.2, -0.15) is 5.10 Å². The second-order valence-corrected chi connectivity index (χ2v) is 6.16. The van der Waals surface area contributed by atoms with Crippen molar-refractivity contribution in [2.45, 2.75) is 18.9 Å². The Morgan fingerprint density at radius 3 is 2.32 bits per heavy atom. The summed E-state index contributed by atoms with van der Waals surface area (Å²) in [5, 5.41) is 7.03. The Balaban J connectivity index is 1.39. The summed E-state index contributed by atoms with van der Waals surface area (Å²) in [5.74, 6) is 0. The molecule has 0 bridgehead atoms. The van der Waals surface area contributed by atoms with Crippen LogP contribution in [0.1, 0.15) is 12.8 Å². The molecule has 22 heavy (non-hydrogen) atoms. The van der Waals surface area contributed by atoms with Crippen LogP contribution in [0, 0.1) is 0 Å². The van der Waals surface area contributed by atoms with Crippen LogP contribution in [0.2, 0.25) is 0 Å². The van der Waals surface area contributed by atoms with Crippen LogP contribution in [-0.4, -0.2) is 47.3 Å². The molecule has 1 N–H and O–H groups in total. The Morgan fingerprint density at radius 1 is 0.955 bits per heavy atom. The van der Waals surface area contributed by atoms with Gasteiger partial charge in [0.1, 0.15) is 0 Å². The quantitative estimate of drug-likeness (QED) is 0.884. The SMILES string of the molecule is C1=CCN(C2CCN(c3ccc(-c4ccn[nH]4)cc3)CC2)C1. The van der Waals surface area contributed by atoms with E-state index < -0.39 is 0 Å². The summed E-state index contributed by atoms with van der Waals surface area (Å²) in [7, 11) is 0. The Morgan fingerprint density at radius 2 is 1.68 bits per heavy atom. The molecule has 2 aliphatic heterocycles. The fourth-order valence-corrected chi connectivity index (χ4v) is 3.55. The van der Waals surface area contributed by atoms with E-state index in [4.69, 9.17) is 0 Å². The largest absolute Gasteiger partial charge is 0.371 e. The molecule has 0 unspecified atom stereocenters. The molecule has 0 atom stereocenters. The molecule has 1 saturated heterocycles. The number of hydrogen-bond acceptors (Lipinski definition) is 3. The van der Waals surface area contributed by atoms with Crippen molar-refractivity contribution in [3.05, 3.63) is 48.7 Å². The van der Waals surface area contributed by atoms with Crippen LogP contribution in [0.3, 0.4) is 0 Å². The summed E-state index contributed by atoms with van der Waals surface area (Å²) in [4.78, 5) is 5.11. The second kappa shape index (κ2) is 5.97. The molecule has 0 amide bonds. The molecule has 114 valence electrons. The highest BCUT2D eigenvalue weighted by Gasteiger charge is 2.24. The lowest BCUT2D eigenvalue weighted by Gasteiger charge is -2.37. The molecule has 0 saturated carbocycles. The van der Waals surface area contributed by atoms with Crippen molar-refractivity contribution in [1.82, 2.24) is 15.1 Å². The Bertz CT molecular complexity index is 614. The number of aromatic amines is 1. The first-order chi connectivity index (χ1) is 10.9. The molecule has 4 rings (SSSR count). The number of benzene rings is 1. The van der Waals surface area contributed by atoms with E-state index >= 15 is 0 Å². The van der Waals surface area contributed by atoms with Gasteiger partial charge in [-0.15, -0.1) is 0 Å². The van der Waals surface area contributed by atoms with Crippen molar-refractivity contribution in [2.75, 3.05) is 31.1 Å². The Kier molecular flexibility index (Phi) is 3.69. The van der Waals surface area contributed by atoms with Gasteiger partial charge in [-0.05, 0) is 36.6 Å². The van der Waals surface area contributed by atoms with Gasteiger partial charge in [-0.1, -0.05) is 24.3 Å². The van der Waals surface area contributed by atoms with Gasteiger partial charge >= 0.3 is 0 Å². The average Bonchev–Trinajstić information content (AvgIpc) is 3.29. The molecule has 0 spiro atoms. The molecule has 4 nitrogen and oxygen atoms in total. The number of nitrogens with zero attached hydrogens (tertiary/aromatic N) is 3. The summed E-state index contributed by atoms with van der Waals surface area (Å²) >= 11 is 0. The van der Waals surface area contributed by atoms with Crippen LogP contribution in [0.15, 0.2) is 48.7 Å². The molecule has 4 heteroatoms. The molecule has 0 aliphatic carbocycles. The third-order valence-corrected chi connectivity index (χ3v) is 4.87. The van der Waals surface area contributed by atoms with E-state index in [9.17, 15) is 0 Å². The van der Waals surface area contributed by atoms with Crippen molar-refractivity contribution < 1.29 is 0 Å². The number of rotatable bonds is 3. The van der Waals surface area contributed by atoms with Crippen molar-refractivity contribution in [2.24, 2.45) is 0 Å². The summed E-state index contributed by atoms with van der Waals surface area (Å²) in [6.45, 7) is 4.60. The minimum absolute atomic E-state index is 0.760. The zero-order valence-electron chi connectivity index (χ0n) is 12.8. The van der Waals surface area contributed by atoms with Crippen LogP contribution >= 0.6 is 0 Å². The van der Waals surface area contributed by atoms with E-state index in [1.54, 1.807) is 6.20 Å². The number of anilines is 1. The first kappa shape index (κ1) is 13.6. The highest BCUT2D eigenvalue weighted by atomic mass is 15.2. The second-order valence-electron chi connectivity index (χ2n) is 6.16. The topological polar surface area (TPSA) is 35.2 Å². The molecule has 2 aromatic rings. The van der Waals surface area contributed by atoms with Gasteiger partial charge in [0.2, 0.25) is 0 Å². The van der Waals surface area contributed by atoms with Crippen molar-refractivity contribution in [3.8, 4) is 11.3 Å². The molecule has 3 heterocycles. The fourth-order valence-electron chi connectivity index (χ4n) is 3.55. The zero-order chi connectivity index (χ0) is 14.8. The van der Waals surface area contributed by atoms with Gasteiger partial charge < -0.3 is 4.90 Å². The lowest BCUT2D eigenvalue weighted by Crippen LogP contribution is -2.44. The van der Waals surface area contributed by atoms with Crippen LogP contribution in [0.25, 0.3) is 11.3 Å². The van der Waals surface area contributed by atoms with E-state index in [0.29, 0.717) is 0 Å². The fraction of sp³-hybridized carbons (Fsp3) is 0.389. The Labute approximate surface area is 131 Å². The number of hydrogen-bond donors (Lipinski definition) is 1. The third kappa shape index (κ3) is 2.66. The van der Waals surface area contributed by atoms with Crippen LogP contribution in [0.4, 0.5) is 5.69 Å². The van der Waals surface area contributed by atoms with Gasteiger partial charge in [0.25, 0.3) is 0 Å². The Hall–Kier alpha value is -2.07. The minimum atomic E-state index is 0.760. The lowest BCUT2D eigenvalue weighted by molar-refractivity contribution is 0.216. The molecule has 1 aromatic heterocycles. The normalized spacial score (nSPS) is 19.9. The molecule has 1 aromatic carbocycles. The highest BCUT2D eigenvalue weighted by molar-refractivity contribution is 5.62. The van der Waals surface area contributed by atoms with Crippen molar-refractivity contribution in [3.63, 3.8) is 0 Å². The van der Waals surface area contributed by atoms with E-state index in [2.05, 4.69) is 56.4 Å². The van der Waals surface area contributed by atoms with Crippen LogP contribution in [0.5, 0.6) is 0 Å². The third-order valence-electron chi connectivity index (χ3n) is 4.87. The van der Waals surface area contributed by atoms with Gasteiger partial charge in [0.05, 0.1) is 5.69 Å². The number of aromatic nitrogens is 2. The van der Waals surface area contributed by atoms with Crippen molar-refractivity contribution >= 4 is 5.69 Å². The van der Waals surface area contributed by atoms with Crippen molar-refractivity contribution in [1.29, 1.82) is 0 Å². The zero-order valence-corrected chi connectivity index (χ0v) is 12.8. The molecule has 0 radical (unpaired) electrons. The van der Waals surface area contributed by atoms with Gasteiger partial charge in [0, 0.05) is 44.1 Å². The molecule has 2 aliphatic rings. The van der Waals surface area contributed by atoms with E-state index in [1.807, 2.05) is 6.07 Å². The van der Waals surface area contributed by atoms with Crippen LogP contribution < -0.4 is 4.90 Å². The predicted molar refractivity (Wildman–Crippen MR) is 90.0 cm³/mol. The smallest absolute Gasteiger partial charge is 0.0650 e. The molecular formula is C18H22N4. The standard InChI is InChI=1S/C18H22N4/c1-2-12-21(11-1)17-8-13-22(14-9-17)16-5-3-15(4-6-16)18-7-10-19-20-18/h1-7,10,17H,8-9,11-14H2,(H,19,20). The maximum Gasteiger partial charge on any atom is 0.0650 e. The first-order valence-corrected chi connectivity index (χ1v) is 8.14. The summed E-state index contributed by atoms with van der Waals surface area (Å²) < 4.78 is 0. The molecule has 1 fully saturated rings. The van der Waals surface area contributed by atoms with Gasteiger partial charge in [0.15, 0.2) is 0 Å². The molecular weight excluding hydrogens is 272 g/mol. The average molecular weight is 294 g/mol. The van der Waals surface area contributed by atoms with E-state index in [-0.39, 0.29) is 0 Å². The van der Waals surface area contributed by atoms with Gasteiger partial charge in [-0.3, -0.25) is 10.00 Å². The number of nitrogens with one attached hydrogen (secondary N) is 1. The minimum Gasteiger partial charge on any atom is -0.371 e. The first-order valence-electron chi connectivity index (χ1n) is 8.14. The monoisotopic (exact) mass is 294 g/mol. The maximum absolute atomic E-state index is 4.01. The van der Waals surface area contributed by atoms with E-state index in [1.165, 1.54) is 24.1 Å². The summed E-state index contributed by atoms with van der Waals surface area (Å²) in [5.41, 5.74) is 3.60. The summed E-state index contributed by atoms with van der Waals surface area (Å²) in [6, 6.07) is 11.6. The number of H-pyrrole nitrogens is 1. The van der Waals surface area contributed by atoms with E-state index in [0.717, 1.165) is 37.9 Å².